The molecule has 164 valence electrons. The van der Waals surface area contributed by atoms with Gasteiger partial charge in [0.1, 0.15) is 11.9 Å². The number of carbonyl (C=O) groups is 2. The lowest BCUT2D eigenvalue weighted by Gasteiger charge is -2.32. The summed E-state index contributed by atoms with van der Waals surface area (Å²) in [6.07, 6.45) is 1.23. The van der Waals surface area contributed by atoms with Gasteiger partial charge in [0, 0.05) is 28.5 Å². The van der Waals surface area contributed by atoms with Gasteiger partial charge in [-0.2, -0.15) is 0 Å². The van der Waals surface area contributed by atoms with Gasteiger partial charge in [0.2, 0.25) is 5.91 Å². The van der Waals surface area contributed by atoms with Crippen LogP contribution >= 0.6 is 11.6 Å². The van der Waals surface area contributed by atoms with E-state index in [2.05, 4.69) is 10.6 Å². The van der Waals surface area contributed by atoms with Crippen molar-refractivity contribution in [3.63, 3.8) is 0 Å². The van der Waals surface area contributed by atoms with Gasteiger partial charge in [0.15, 0.2) is 0 Å². The lowest BCUT2D eigenvalue weighted by molar-refractivity contribution is -0.121. The molecule has 3 amide bonds. The van der Waals surface area contributed by atoms with Crippen molar-refractivity contribution in [2.75, 3.05) is 22.5 Å². The number of nitrogen functional groups attached to an aromatic ring is 1. The van der Waals surface area contributed by atoms with Gasteiger partial charge in [-0.25, -0.2) is 9.18 Å². The molecule has 1 heterocycles. The Balaban J connectivity index is 1.43. The number of amides is 3. The molecule has 0 saturated carbocycles. The lowest BCUT2D eigenvalue weighted by atomic mass is 10.0. The van der Waals surface area contributed by atoms with Crippen LogP contribution in [0.5, 0.6) is 0 Å². The highest BCUT2D eigenvalue weighted by molar-refractivity contribution is 6.30. The molecule has 4 rings (SSSR count). The summed E-state index contributed by atoms with van der Waals surface area (Å²) in [5.74, 6) is -0.863. The van der Waals surface area contributed by atoms with Crippen LogP contribution in [0, 0.1) is 5.82 Å². The SMILES string of the molecule is Nc1ccccc1-c1ccc(N2CCC[C@@H](NC(=O)Nc3ccc(Cl)cc3F)C2=O)cc1. The van der Waals surface area contributed by atoms with E-state index in [1.807, 2.05) is 48.5 Å². The Morgan fingerprint density at radius 3 is 2.56 bits per heavy atom. The average molecular weight is 453 g/mol. The third-order valence-corrected chi connectivity index (χ3v) is 5.61. The Bertz CT molecular complexity index is 1150. The second kappa shape index (κ2) is 9.28. The maximum Gasteiger partial charge on any atom is 0.319 e. The van der Waals surface area contributed by atoms with E-state index >= 15 is 0 Å². The number of hydrogen-bond donors (Lipinski definition) is 3. The molecule has 0 unspecified atom stereocenters. The first kappa shape index (κ1) is 21.6. The molecule has 1 atom stereocenters. The fourth-order valence-corrected chi connectivity index (χ4v) is 3.91. The van der Waals surface area contributed by atoms with Gasteiger partial charge in [-0.15, -0.1) is 0 Å². The zero-order valence-electron chi connectivity index (χ0n) is 17.1. The third kappa shape index (κ3) is 4.68. The lowest BCUT2D eigenvalue weighted by Crippen LogP contribution is -2.53. The maximum atomic E-state index is 13.9. The van der Waals surface area contributed by atoms with E-state index in [-0.39, 0.29) is 16.6 Å². The molecule has 3 aromatic rings. The fraction of sp³-hybridized carbons (Fsp3) is 0.167. The number of carbonyl (C=O) groups excluding carboxylic acids is 2. The van der Waals surface area contributed by atoms with E-state index in [9.17, 15) is 14.0 Å². The molecule has 8 heteroatoms. The maximum absolute atomic E-state index is 13.9. The highest BCUT2D eigenvalue weighted by atomic mass is 35.5. The Labute approximate surface area is 190 Å². The van der Waals surface area contributed by atoms with Crippen LogP contribution in [0.1, 0.15) is 12.8 Å². The molecule has 6 nitrogen and oxygen atoms in total. The zero-order valence-corrected chi connectivity index (χ0v) is 17.9. The first-order valence-electron chi connectivity index (χ1n) is 10.2. The van der Waals surface area contributed by atoms with Gasteiger partial charge in [-0.05, 0) is 54.8 Å². The van der Waals surface area contributed by atoms with Gasteiger partial charge in [-0.1, -0.05) is 41.9 Å². The van der Waals surface area contributed by atoms with E-state index in [4.69, 9.17) is 17.3 Å². The molecule has 0 spiro atoms. The predicted molar refractivity (Wildman–Crippen MR) is 125 cm³/mol. The smallest absolute Gasteiger partial charge is 0.319 e. The number of nitrogens with one attached hydrogen (secondary N) is 2. The van der Waals surface area contributed by atoms with Crippen molar-refractivity contribution in [1.82, 2.24) is 5.32 Å². The highest BCUT2D eigenvalue weighted by Crippen LogP contribution is 2.29. The van der Waals surface area contributed by atoms with Crippen molar-refractivity contribution in [2.24, 2.45) is 0 Å². The summed E-state index contributed by atoms with van der Waals surface area (Å²) < 4.78 is 13.9. The fourth-order valence-electron chi connectivity index (χ4n) is 3.75. The van der Waals surface area contributed by atoms with E-state index in [1.165, 1.54) is 12.1 Å². The van der Waals surface area contributed by atoms with Crippen LogP contribution in [0.4, 0.5) is 26.2 Å². The molecule has 1 aliphatic rings. The number of benzene rings is 3. The van der Waals surface area contributed by atoms with E-state index in [1.54, 1.807) is 4.90 Å². The number of hydrogen-bond acceptors (Lipinski definition) is 3. The molecule has 32 heavy (non-hydrogen) atoms. The van der Waals surface area contributed by atoms with Crippen LogP contribution in [-0.2, 0) is 4.79 Å². The van der Waals surface area contributed by atoms with Crippen molar-refractivity contribution in [1.29, 1.82) is 0 Å². The second-order valence-corrected chi connectivity index (χ2v) is 7.98. The van der Waals surface area contributed by atoms with Crippen LogP contribution in [0.2, 0.25) is 5.02 Å². The molecule has 0 bridgehead atoms. The number of nitrogens with zero attached hydrogens (tertiary/aromatic N) is 1. The number of urea groups is 1. The summed E-state index contributed by atoms with van der Waals surface area (Å²) in [6.45, 7) is 0.553. The molecule has 4 N–H and O–H groups in total. The molecule has 1 fully saturated rings. The summed E-state index contributed by atoms with van der Waals surface area (Å²) in [4.78, 5) is 27.0. The average Bonchev–Trinajstić information content (AvgIpc) is 2.78. The van der Waals surface area contributed by atoms with Crippen molar-refractivity contribution < 1.29 is 14.0 Å². The Kier molecular flexibility index (Phi) is 6.28. The van der Waals surface area contributed by atoms with E-state index in [0.29, 0.717) is 18.7 Å². The topological polar surface area (TPSA) is 87.5 Å². The molecule has 1 aliphatic heterocycles. The van der Waals surface area contributed by atoms with Crippen molar-refractivity contribution >= 4 is 40.6 Å². The number of piperidine rings is 1. The quantitative estimate of drug-likeness (QED) is 0.484. The highest BCUT2D eigenvalue weighted by Gasteiger charge is 2.31. The number of nitrogens with two attached hydrogens (primary N) is 1. The molecule has 0 aliphatic carbocycles. The van der Waals surface area contributed by atoms with Crippen LogP contribution in [-0.4, -0.2) is 24.5 Å². The number of halogens is 2. The molecule has 0 aromatic heterocycles. The first-order valence-corrected chi connectivity index (χ1v) is 10.6. The second-order valence-electron chi connectivity index (χ2n) is 7.54. The number of rotatable bonds is 4. The largest absolute Gasteiger partial charge is 0.398 e. The summed E-state index contributed by atoms with van der Waals surface area (Å²) in [5, 5.41) is 5.30. The monoisotopic (exact) mass is 452 g/mol. The molecular weight excluding hydrogens is 431 g/mol. The van der Waals surface area contributed by atoms with Gasteiger partial charge < -0.3 is 21.3 Å². The minimum absolute atomic E-state index is 0.0113. The van der Waals surface area contributed by atoms with E-state index < -0.39 is 17.9 Å². The van der Waals surface area contributed by atoms with Crippen LogP contribution in [0.15, 0.2) is 66.7 Å². The van der Waals surface area contributed by atoms with Gasteiger partial charge in [-0.3, -0.25) is 4.79 Å². The minimum Gasteiger partial charge on any atom is -0.398 e. The van der Waals surface area contributed by atoms with Crippen molar-refractivity contribution in [2.45, 2.75) is 18.9 Å². The van der Waals surface area contributed by atoms with Gasteiger partial charge in [0.05, 0.1) is 5.69 Å². The third-order valence-electron chi connectivity index (χ3n) is 5.37. The van der Waals surface area contributed by atoms with Crippen molar-refractivity contribution in [3.05, 3.63) is 77.6 Å². The van der Waals surface area contributed by atoms with Crippen molar-refractivity contribution in [3.8, 4) is 11.1 Å². The summed E-state index contributed by atoms with van der Waals surface area (Å²) >= 11 is 5.73. The Hall–Kier alpha value is -3.58. The standard InChI is InChI=1S/C24H22ClFN4O2/c25-16-9-12-21(19(26)14-16)28-24(32)29-22-6-3-13-30(23(22)31)17-10-7-15(8-11-17)18-4-1-2-5-20(18)27/h1-2,4-5,7-12,14,22H,3,6,13,27H2,(H2,28,29,32)/t22-/m1/s1. The summed E-state index contributed by atoms with van der Waals surface area (Å²) in [6, 6.07) is 17.7. The van der Waals surface area contributed by atoms with Crippen LogP contribution in [0.3, 0.4) is 0 Å². The van der Waals surface area contributed by atoms with Gasteiger partial charge >= 0.3 is 6.03 Å². The zero-order chi connectivity index (χ0) is 22.7. The normalized spacial score (nSPS) is 16.0. The molecule has 0 radical (unpaired) electrons. The Morgan fingerprint density at radius 1 is 1.09 bits per heavy atom. The van der Waals surface area contributed by atoms with Gasteiger partial charge in [0.25, 0.3) is 0 Å². The molecule has 3 aromatic carbocycles. The summed E-state index contributed by atoms with van der Waals surface area (Å²) in [5.41, 5.74) is 9.34. The molecule has 1 saturated heterocycles. The van der Waals surface area contributed by atoms with E-state index in [0.717, 1.165) is 29.3 Å². The number of para-hydroxylation sites is 1. The first-order chi connectivity index (χ1) is 15.4. The Morgan fingerprint density at radius 2 is 1.84 bits per heavy atom. The number of anilines is 3. The molecular formula is C24H22ClFN4O2. The predicted octanol–water partition coefficient (Wildman–Crippen LogP) is 5.05. The van der Waals surface area contributed by atoms with Crippen LogP contribution < -0.4 is 21.3 Å². The minimum atomic E-state index is -0.705. The summed E-state index contributed by atoms with van der Waals surface area (Å²) in [7, 11) is 0. The van der Waals surface area contributed by atoms with Crippen LogP contribution in [0.25, 0.3) is 11.1 Å².